The fraction of sp³-hybridized carbons (Fsp3) is 0.0690. The number of hydrogen-bond donors (Lipinski definition) is 0. The number of fused-ring (bicyclic) bond motifs is 3. The number of nitrogens with zero attached hydrogens (tertiary/aromatic N) is 1. The number of hydrogen-bond acceptors (Lipinski definition) is 2. The molecule has 0 N–H and O–H groups in total. The van der Waals surface area contributed by atoms with Crippen molar-refractivity contribution >= 4 is 48.6 Å². The van der Waals surface area contributed by atoms with Crippen molar-refractivity contribution < 1.29 is 0 Å². The zero-order chi connectivity index (χ0) is 40.4. The molecule has 0 spiro atoms. The Morgan fingerprint density at radius 2 is 0.833 bits per heavy atom. The SMILES string of the molecule is CCc1ccccc1-c1cc(-c2ccc(-c3ccc(N(c4ccc(-c5cccc6sc7ccccc7c56)cc4)c4cccc(-c5ccccc5)c4)cc3)cc2)ccc1CC. The number of aryl methyl sites for hydroxylation is 2. The van der Waals surface area contributed by atoms with Gasteiger partial charge in [0, 0.05) is 37.2 Å². The summed E-state index contributed by atoms with van der Waals surface area (Å²) in [6, 6.07) is 77.9. The molecule has 0 aliphatic rings. The maximum absolute atomic E-state index is 2.38. The van der Waals surface area contributed by atoms with Crippen molar-refractivity contribution in [3.05, 3.63) is 223 Å². The first-order valence-electron chi connectivity index (χ1n) is 21.0. The zero-order valence-electron chi connectivity index (χ0n) is 34.0. The summed E-state index contributed by atoms with van der Waals surface area (Å²) in [4.78, 5) is 2.37. The van der Waals surface area contributed by atoms with Gasteiger partial charge in [-0.3, -0.25) is 0 Å². The molecule has 0 saturated carbocycles. The molecule has 0 unspecified atom stereocenters. The minimum Gasteiger partial charge on any atom is -0.310 e. The van der Waals surface area contributed by atoms with Crippen molar-refractivity contribution in [1.29, 1.82) is 0 Å². The average Bonchev–Trinajstić information content (AvgIpc) is 3.71. The van der Waals surface area contributed by atoms with E-state index < -0.39 is 0 Å². The molecular weight excluding hydrogens is 743 g/mol. The fourth-order valence-corrected chi connectivity index (χ4v) is 9.90. The van der Waals surface area contributed by atoms with Crippen LogP contribution in [-0.2, 0) is 12.8 Å². The third-order valence-corrected chi connectivity index (χ3v) is 13.0. The molecule has 10 rings (SSSR count). The molecule has 1 nitrogen and oxygen atoms in total. The number of thiophene rings is 1. The van der Waals surface area contributed by atoms with E-state index in [4.69, 9.17) is 0 Å². The van der Waals surface area contributed by atoms with E-state index in [0.29, 0.717) is 0 Å². The first kappa shape index (κ1) is 37.3. The molecule has 1 aromatic heterocycles. The quantitative estimate of drug-likeness (QED) is 0.133. The molecule has 0 bridgehead atoms. The van der Waals surface area contributed by atoms with Gasteiger partial charge in [-0.15, -0.1) is 11.3 Å². The van der Waals surface area contributed by atoms with Gasteiger partial charge in [-0.1, -0.05) is 172 Å². The summed E-state index contributed by atoms with van der Waals surface area (Å²) in [5, 5.41) is 2.65. The normalized spacial score (nSPS) is 11.3. The molecule has 2 heteroatoms. The average molecular weight is 788 g/mol. The maximum atomic E-state index is 2.38. The van der Waals surface area contributed by atoms with Crippen LogP contribution in [0, 0.1) is 0 Å². The molecular formula is C58H45NS. The molecule has 288 valence electrons. The van der Waals surface area contributed by atoms with Gasteiger partial charge < -0.3 is 4.90 Å². The summed E-state index contributed by atoms with van der Waals surface area (Å²) < 4.78 is 2.64. The second kappa shape index (κ2) is 16.3. The standard InChI is InChI=1S/C58H45NS/c1-3-40-14-8-9-19-52(40)55-39-48(29-24-41(55)4-2)45-27-25-43(26-28-45)44-30-34-49(35-31-44)59(51-18-12-17-47(38-51)42-15-6-5-7-16-42)50-36-32-46(33-37-50)53-21-13-23-57-58(53)54-20-10-11-22-56(54)60-57/h5-39H,3-4H2,1-2H3. The minimum absolute atomic E-state index is 1.01. The third kappa shape index (κ3) is 7.10. The van der Waals surface area contributed by atoms with Gasteiger partial charge in [0.25, 0.3) is 0 Å². The Morgan fingerprint density at radius 3 is 1.57 bits per heavy atom. The molecule has 0 aliphatic carbocycles. The first-order chi connectivity index (χ1) is 29.6. The number of anilines is 3. The summed E-state index contributed by atoms with van der Waals surface area (Å²) >= 11 is 1.87. The van der Waals surface area contributed by atoms with Crippen LogP contribution < -0.4 is 4.90 Å². The predicted octanol–water partition coefficient (Wildman–Crippen LogP) is 17.0. The van der Waals surface area contributed by atoms with Crippen molar-refractivity contribution in [2.75, 3.05) is 4.90 Å². The highest BCUT2D eigenvalue weighted by Crippen LogP contribution is 2.42. The molecule has 0 aliphatic heterocycles. The van der Waals surface area contributed by atoms with Crippen LogP contribution in [0.3, 0.4) is 0 Å². The Bertz CT molecular complexity index is 3080. The second-order valence-electron chi connectivity index (χ2n) is 15.4. The van der Waals surface area contributed by atoms with Crippen molar-refractivity contribution in [2.45, 2.75) is 26.7 Å². The van der Waals surface area contributed by atoms with E-state index >= 15 is 0 Å². The van der Waals surface area contributed by atoms with Crippen LogP contribution in [-0.4, -0.2) is 0 Å². The largest absolute Gasteiger partial charge is 0.310 e. The molecule has 0 radical (unpaired) electrons. The molecule has 0 saturated heterocycles. The van der Waals surface area contributed by atoms with E-state index in [1.165, 1.54) is 86.9 Å². The molecule has 60 heavy (non-hydrogen) atoms. The monoisotopic (exact) mass is 787 g/mol. The Kier molecular flexibility index (Phi) is 10.1. The van der Waals surface area contributed by atoms with Crippen LogP contribution in [0.4, 0.5) is 17.1 Å². The van der Waals surface area contributed by atoms with Gasteiger partial charge in [-0.25, -0.2) is 0 Å². The molecule has 9 aromatic carbocycles. The summed E-state index contributed by atoms with van der Waals surface area (Å²) in [6.45, 7) is 4.49. The molecule has 10 aromatic rings. The lowest BCUT2D eigenvalue weighted by molar-refractivity contribution is 1.12. The van der Waals surface area contributed by atoms with Crippen LogP contribution in [0.2, 0.25) is 0 Å². The van der Waals surface area contributed by atoms with Gasteiger partial charge in [0.05, 0.1) is 0 Å². The minimum atomic E-state index is 1.01. The zero-order valence-corrected chi connectivity index (χ0v) is 34.8. The van der Waals surface area contributed by atoms with Gasteiger partial charge in [0.2, 0.25) is 0 Å². The van der Waals surface area contributed by atoms with Gasteiger partial charge >= 0.3 is 0 Å². The Morgan fingerprint density at radius 1 is 0.333 bits per heavy atom. The van der Waals surface area contributed by atoms with Crippen molar-refractivity contribution in [1.82, 2.24) is 0 Å². The Hall–Kier alpha value is -7.00. The van der Waals surface area contributed by atoms with Crippen LogP contribution >= 0.6 is 11.3 Å². The van der Waals surface area contributed by atoms with E-state index in [0.717, 1.165) is 29.9 Å². The van der Waals surface area contributed by atoms with E-state index in [-0.39, 0.29) is 0 Å². The van der Waals surface area contributed by atoms with E-state index in [1.807, 2.05) is 11.3 Å². The topological polar surface area (TPSA) is 3.24 Å². The van der Waals surface area contributed by atoms with E-state index in [2.05, 4.69) is 231 Å². The van der Waals surface area contributed by atoms with Crippen molar-refractivity contribution in [3.63, 3.8) is 0 Å². The summed E-state index contributed by atoms with van der Waals surface area (Å²) in [6.07, 6.45) is 2.03. The first-order valence-corrected chi connectivity index (χ1v) is 21.8. The molecule has 0 atom stereocenters. The lowest BCUT2D eigenvalue weighted by Crippen LogP contribution is -2.10. The summed E-state index contributed by atoms with van der Waals surface area (Å²) in [7, 11) is 0. The second-order valence-corrected chi connectivity index (χ2v) is 16.5. The van der Waals surface area contributed by atoms with Crippen LogP contribution in [0.25, 0.3) is 75.8 Å². The van der Waals surface area contributed by atoms with Gasteiger partial charge in [-0.2, -0.15) is 0 Å². The Balaban J connectivity index is 0.987. The highest BCUT2D eigenvalue weighted by atomic mass is 32.1. The van der Waals surface area contributed by atoms with Crippen molar-refractivity contribution in [3.8, 4) is 55.6 Å². The third-order valence-electron chi connectivity index (χ3n) is 11.9. The van der Waals surface area contributed by atoms with Crippen LogP contribution in [0.1, 0.15) is 25.0 Å². The highest BCUT2D eigenvalue weighted by molar-refractivity contribution is 7.25. The van der Waals surface area contributed by atoms with Gasteiger partial charge in [0.1, 0.15) is 0 Å². The van der Waals surface area contributed by atoms with Gasteiger partial charge in [-0.05, 0) is 134 Å². The molecule has 1 heterocycles. The smallest absolute Gasteiger partial charge is 0.0467 e. The summed E-state index contributed by atoms with van der Waals surface area (Å²) in [5.74, 6) is 0. The molecule has 0 fully saturated rings. The summed E-state index contributed by atoms with van der Waals surface area (Å²) in [5.41, 5.74) is 18.5. The number of benzene rings is 9. The predicted molar refractivity (Wildman–Crippen MR) is 260 cm³/mol. The highest BCUT2D eigenvalue weighted by Gasteiger charge is 2.17. The lowest BCUT2D eigenvalue weighted by Gasteiger charge is -2.26. The number of rotatable bonds is 10. The fourth-order valence-electron chi connectivity index (χ4n) is 8.77. The van der Waals surface area contributed by atoms with Crippen LogP contribution in [0.15, 0.2) is 212 Å². The maximum Gasteiger partial charge on any atom is 0.0467 e. The molecule has 0 amide bonds. The lowest BCUT2D eigenvalue weighted by atomic mass is 9.90. The van der Waals surface area contributed by atoms with Crippen LogP contribution in [0.5, 0.6) is 0 Å². The van der Waals surface area contributed by atoms with Crippen molar-refractivity contribution in [2.24, 2.45) is 0 Å². The van der Waals surface area contributed by atoms with E-state index in [9.17, 15) is 0 Å². The van der Waals surface area contributed by atoms with E-state index in [1.54, 1.807) is 0 Å². The van der Waals surface area contributed by atoms with Gasteiger partial charge in [0.15, 0.2) is 0 Å². The Labute approximate surface area is 357 Å².